The van der Waals surface area contributed by atoms with E-state index in [4.69, 9.17) is 0 Å². The van der Waals surface area contributed by atoms with E-state index in [0.29, 0.717) is 38.0 Å². The number of nitrogens with one attached hydrogen (secondary N) is 2. The van der Waals surface area contributed by atoms with Crippen LogP contribution in [0.3, 0.4) is 0 Å². The molecule has 0 unspecified atom stereocenters. The Kier molecular flexibility index (Phi) is 7.21. The van der Waals surface area contributed by atoms with Crippen LogP contribution in [0.1, 0.15) is 48.7 Å². The fourth-order valence-electron chi connectivity index (χ4n) is 3.86. The van der Waals surface area contributed by atoms with Gasteiger partial charge in [-0.15, -0.1) is 0 Å². The number of aryl methyl sites for hydroxylation is 1. The molecule has 0 radical (unpaired) electrons. The van der Waals surface area contributed by atoms with Crippen LogP contribution in [0, 0.1) is 11.8 Å². The molecule has 1 aromatic heterocycles. The molecule has 0 bridgehead atoms. The number of aliphatic carboxylic acids is 1. The molecule has 2 aromatic rings. The second-order valence-corrected chi connectivity index (χ2v) is 7.56. The number of hydrogen-bond acceptors (Lipinski definition) is 4. The summed E-state index contributed by atoms with van der Waals surface area (Å²) in [7, 11) is 0. The molecular weight excluding hydrogens is 384 g/mol. The van der Waals surface area contributed by atoms with Crippen molar-refractivity contribution >= 4 is 23.5 Å². The summed E-state index contributed by atoms with van der Waals surface area (Å²) < 4.78 is 1.58. The first kappa shape index (κ1) is 21.5. The van der Waals surface area contributed by atoms with Crippen LogP contribution in [0.25, 0.3) is 0 Å². The molecule has 1 aliphatic rings. The Hall–Kier alpha value is -3.16. The highest BCUT2D eigenvalue weighted by Gasteiger charge is 2.36. The minimum atomic E-state index is -0.946. The fraction of sp³-hybridized carbons (Fsp3) is 0.455. The van der Waals surface area contributed by atoms with Crippen LogP contribution in [-0.4, -0.2) is 39.2 Å². The smallest absolute Gasteiger partial charge is 0.307 e. The van der Waals surface area contributed by atoms with Gasteiger partial charge >= 0.3 is 5.97 Å². The summed E-state index contributed by atoms with van der Waals surface area (Å²) in [4.78, 5) is 37.0. The average Bonchev–Trinajstić information content (AvgIpc) is 3.17. The zero-order valence-corrected chi connectivity index (χ0v) is 17.1. The van der Waals surface area contributed by atoms with Gasteiger partial charge in [-0.3, -0.25) is 19.1 Å². The number of nitrogens with zero attached hydrogens (tertiary/aromatic N) is 2. The van der Waals surface area contributed by atoms with Gasteiger partial charge in [-0.25, -0.2) is 0 Å². The molecule has 1 saturated carbocycles. The third-order valence-corrected chi connectivity index (χ3v) is 5.52. The first-order chi connectivity index (χ1) is 14.5. The van der Waals surface area contributed by atoms with Crippen molar-refractivity contribution in [1.29, 1.82) is 0 Å². The zero-order valence-electron chi connectivity index (χ0n) is 17.1. The van der Waals surface area contributed by atoms with E-state index in [1.54, 1.807) is 10.9 Å². The summed E-state index contributed by atoms with van der Waals surface area (Å²) in [5, 5.41) is 19.3. The van der Waals surface area contributed by atoms with Crippen molar-refractivity contribution in [2.24, 2.45) is 11.8 Å². The number of benzene rings is 1. The number of rotatable bonds is 8. The molecule has 2 amide bonds. The molecule has 30 heavy (non-hydrogen) atoms. The fourth-order valence-corrected chi connectivity index (χ4v) is 3.86. The number of hydrogen-bond donors (Lipinski definition) is 3. The summed E-state index contributed by atoms with van der Waals surface area (Å²) in [6.45, 7) is 2.87. The van der Waals surface area contributed by atoms with E-state index in [9.17, 15) is 19.5 Å². The number of carboxylic acids is 1. The van der Waals surface area contributed by atoms with Gasteiger partial charge in [0.1, 0.15) is 0 Å². The lowest BCUT2D eigenvalue weighted by Gasteiger charge is -2.27. The molecule has 1 fully saturated rings. The van der Waals surface area contributed by atoms with Crippen molar-refractivity contribution in [1.82, 2.24) is 15.1 Å². The highest BCUT2D eigenvalue weighted by molar-refractivity contribution is 6.03. The molecule has 3 rings (SSSR count). The second kappa shape index (κ2) is 10.0. The standard InChI is InChI=1S/C22H28N4O4/c1-2-26-14-18(24-20(27)16-10-6-7-11-17(16)22(29)30)19(25-26)21(28)23-13-12-15-8-4-3-5-9-15/h3-5,8-9,14,16-17H,2,6-7,10-13H2,1H3,(H,23,28)(H,24,27)(H,29,30)/t16-,17+/m0/s1. The van der Waals surface area contributed by atoms with Gasteiger partial charge in [-0.1, -0.05) is 43.2 Å². The van der Waals surface area contributed by atoms with Gasteiger partial charge in [0.15, 0.2) is 5.69 Å². The molecule has 1 heterocycles. The predicted molar refractivity (Wildman–Crippen MR) is 112 cm³/mol. The molecule has 1 aliphatic carbocycles. The van der Waals surface area contributed by atoms with Crippen molar-refractivity contribution < 1.29 is 19.5 Å². The molecule has 8 heteroatoms. The molecule has 3 N–H and O–H groups in total. The Bertz CT molecular complexity index is 894. The van der Waals surface area contributed by atoms with Crippen LogP contribution in [0.4, 0.5) is 5.69 Å². The van der Waals surface area contributed by atoms with Crippen LogP contribution in [0.2, 0.25) is 0 Å². The van der Waals surface area contributed by atoms with Crippen molar-refractivity contribution in [3.63, 3.8) is 0 Å². The summed E-state index contributed by atoms with van der Waals surface area (Å²) in [5.74, 6) is -2.97. The third kappa shape index (κ3) is 5.25. The van der Waals surface area contributed by atoms with Gasteiger partial charge in [0.25, 0.3) is 5.91 Å². The van der Waals surface area contributed by atoms with E-state index in [2.05, 4.69) is 15.7 Å². The summed E-state index contributed by atoms with van der Waals surface area (Å²) >= 11 is 0. The van der Waals surface area contributed by atoms with E-state index >= 15 is 0 Å². The monoisotopic (exact) mass is 412 g/mol. The highest BCUT2D eigenvalue weighted by atomic mass is 16.4. The van der Waals surface area contributed by atoms with Crippen molar-refractivity contribution in [2.45, 2.75) is 45.6 Å². The van der Waals surface area contributed by atoms with E-state index in [1.807, 2.05) is 37.3 Å². The molecular formula is C22H28N4O4. The zero-order chi connectivity index (χ0) is 21.5. The molecule has 0 spiro atoms. The van der Waals surface area contributed by atoms with Crippen LogP contribution in [0.5, 0.6) is 0 Å². The Morgan fingerprint density at radius 1 is 1.13 bits per heavy atom. The maximum atomic E-state index is 12.8. The first-order valence-corrected chi connectivity index (χ1v) is 10.4. The Morgan fingerprint density at radius 3 is 2.50 bits per heavy atom. The van der Waals surface area contributed by atoms with Gasteiger partial charge in [0, 0.05) is 19.3 Å². The Labute approximate surface area is 175 Å². The minimum absolute atomic E-state index is 0.140. The van der Waals surface area contributed by atoms with Crippen LogP contribution in [-0.2, 0) is 22.6 Å². The number of carboxylic acid groups (broad SMARTS) is 1. The van der Waals surface area contributed by atoms with Crippen molar-refractivity contribution in [2.75, 3.05) is 11.9 Å². The minimum Gasteiger partial charge on any atom is -0.481 e. The third-order valence-electron chi connectivity index (χ3n) is 5.52. The lowest BCUT2D eigenvalue weighted by Crippen LogP contribution is -2.36. The highest BCUT2D eigenvalue weighted by Crippen LogP contribution is 2.31. The van der Waals surface area contributed by atoms with Gasteiger partial charge in [0.05, 0.1) is 17.5 Å². The Balaban J connectivity index is 1.67. The number of aromatic nitrogens is 2. The van der Waals surface area contributed by atoms with E-state index in [-0.39, 0.29) is 17.5 Å². The number of amides is 2. The van der Waals surface area contributed by atoms with Gasteiger partial charge < -0.3 is 15.7 Å². The summed E-state index contributed by atoms with van der Waals surface area (Å²) in [6.07, 6.45) is 4.96. The topological polar surface area (TPSA) is 113 Å². The van der Waals surface area contributed by atoms with Crippen molar-refractivity contribution in [3.05, 3.63) is 47.8 Å². The van der Waals surface area contributed by atoms with E-state index in [1.165, 1.54) is 0 Å². The number of carbonyl (C=O) groups is 3. The van der Waals surface area contributed by atoms with Crippen LogP contribution >= 0.6 is 0 Å². The lowest BCUT2D eigenvalue weighted by atomic mass is 9.78. The lowest BCUT2D eigenvalue weighted by molar-refractivity contribution is -0.147. The quantitative estimate of drug-likeness (QED) is 0.617. The molecule has 2 atom stereocenters. The summed E-state index contributed by atoms with van der Waals surface area (Å²) in [6, 6.07) is 9.82. The molecule has 8 nitrogen and oxygen atoms in total. The normalized spacial score (nSPS) is 18.6. The SMILES string of the molecule is CCn1cc(NC(=O)[C@H]2CCCC[C@H]2C(=O)O)c(C(=O)NCCc2ccccc2)n1. The molecule has 0 aliphatic heterocycles. The predicted octanol–water partition coefficient (Wildman–Crippen LogP) is 2.71. The molecule has 1 aromatic carbocycles. The Morgan fingerprint density at radius 2 is 1.83 bits per heavy atom. The second-order valence-electron chi connectivity index (χ2n) is 7.56. The number of anilines is 1. The largest absolute Gasteiger partial charge is 0.481 e. The maximum absolute atomic E-state index is 12.8. The molecule has 160 valence electrons. The van der Waals surface area contributed by atoms with Crippen LogP contribution < -0.4 is 10.6 Å². The summed E-state index contributed by atoms with van der Waals surface area (Å²) in [5.41, 5.74) is 1.57. The molecule has 0 saturated heterocycles. The first-order valence-electron chi connectivity index (χ1n) is 10.4. The van der Waals surface area contributed by atoms with Gasteiger partial charge in [-0.05, 0) is 31.7 Å². The van der Waals surface area contributed by atoms with Crippen LogP contribution in [0.15, 0.2) is 36.5 Å². The van der Waals surface area contributed by atoms with Crippen molar-refractivity contribution in [3.8, 4) is 0 Å². The number of carbonyl (C=O) groups excluding carboxylic acids is 2. The van der Waals surface area contributed by atoms with E-state index in [0.717, 1.165) is 18.4 Å². The van der Waals surface area contributed by atoms with E-state index < -0.39 is 17.8 Å². The average molecular weight is 412 g/mol. The maximum Gasteiger partial charge on any atom is 0.307 e. The van der Waals surface area contributed by atoms with Gasteiger partial charge in [-0.2, -0.15) is 5.10 Å². The van der Waals surface area contributed by atoms with Gasteiger partial charge in [0.2, 0.25) is 5.91 Å².